The summed E-state index contributed by atoms with van der Waals surface area (Å²) in [6.45, 7) is 7.92. The number of nitrogens with one attached hydrogen (secondary N) is 1. The SMILES string of the molecule is C=CCn1c(=O)oc2ccc(C(=O)Nc3cccc(C)c3C)cc21. The van der Waals surface area contributed by atoms with Gasteiger partial charge in [-0.1, -0.05) is 18.2 Å². The molecule has 5 nitrogen and oxygen atoms in total. The summed E-state index contributed by atoms with van der Waals surface area (Å²) in [6.07, 6.45) is 1.61. The number of rotatable bonds is 4. The van der Waals surface area contributed by atoms with Crippen molar-refractivity contribution < 1.29 is 9.21 Å². The number of oxazole rings is 1. The fourth-order valence-electron chi connectivity index (χ4n) is 2.59. The molecule has 1 heterocycles. The van der Waals surface area contributed by atoms with E-state index in [4.69, 9.17) is 4.42 Å². The molecule has 0 aliphatic carbocycles. The van der Waals surface area contributed by atoms with E-state index < -0.39 is 5.76 Å². The van der Waals surface area contributed by atoms with E-state index in [9.17, 15) is 9.59 Å². The van der Waals surface area contributed by atoms with Crippen LogP contribution in [0.15, 0.2) is 58.3 Å². The van der Waals surface area contributed by atoms with Gasteiger partial charge in [-0.05, 0) is 49.2 Å². The highest BCUT2D eigenvalue weighted by molar-refractivity contribution is 6.06. The maximum absolute atomic E-state index is 12.5. The Bertz CT molecular complexity index is 996. The molecule has 5 heteroatoms. The number of nitrogens with zero attached hydrogens (tertiary/aromatic N) is 1. The first-order valence-electron chi connectivity index (χ1n) is 7.63. The van der Waals surface area contributed by atoms with E-state index in [-0.39, 0.29) is 5.91 Å². The number of allylic oxidation sites excluding steroid dienone is 1. The van der Waals surface area contributed by atoms with Crippen molar-refractivity contribution in [3.63, 3.8) is 0 Å². The first-order valence-corrected chi connectivity index (χ1v) is 7.63. The smallest absolute Gasteiger partial charge is 0.408 e. The number of aromatic nitrogens is 1. The summed E-state index contributed by atoms with van der Waals surface area (Å²) < 4.78 is 6.61. The average Bonchev–Trinajstić information content (AvgIpc) is 2.87. The van der Waals surface area contributed by atoms with E-state index in [0.29, 0.717) is 23.2 Å². The predicted octanol–water partition coefficient (Wildman–Crippen LogP) is 3.65. The molecule has 0 atom stereocenters. The molecule has 122 valence electrons. The van der Waals surface area contributed by atoms with Gasteiger partial charge in [0.1, 0.15) is 0 Å². The number of aryl methyl sites for hydroxylation is 1. The lowest BCUT2D eigenvalue weighted by atomic mass is 10.1. The average molecular weight is 322 g/mol. The highest BCUT2D eigenvalue weighted by atomic mass is 16.4. The second kappa shape index (κ2) is 6.20. The molecule has 1 amide bonds. The van der Waals surface area contributed by atoms with Crippen molar-refractivity contribution in [1.82, 2.24) is 4.57 Å². The van der Waals surface area contributed by atoms with Gasteiger partial charge in [0.05, 0.1) is 5.52 Å². The van der Waals surface area contributed by atoms with E-state index >= 15 is 0 Å². The van der Waals surface area contributed by atoms with Gasteiger partial charge in [0.25, 0.3) is 5.91 Å². The molecular weight excluding hydrogens is 304 g/mol. The van der Waals surface area contributed by atoms with Crippen LogP contribution in [0.1, 0.15) is 21.5 Å². The molecule has 0 saturated heterocycles. The Balaban J connectivity index is 1.98. The first kappa shape index (κ1) is 15.8. The second-order valence-corrected chi connectivity index (χ2v) is 5.65. The van der Waals surface area contributed by atoms with Crippen LogP contribution in [0.3, 0.4) is 0 Å². The van der Waals surface area contributed by atoms with E-state index in [1.165, 1.54) is 4.57 Å². The molecule has 1 N–H and O–H groups in total. The minimum Gasteiger partial charge on any atom is -0.408 e. The zero-order chi connectivity index (χ0) is 17.3. The topological polar surface area (TPSA) is 64.2 Å². The molecule has 1 aromatic heterocycles. The summed E-state index contributed by atoms with van der Waals surface area (Å²) in [5.74, 6) is -0.693. The molecular formula is C19H18N2O3. The summed E-state index contributed by atoms with van der Waals surface area (Å²) in [6, 6.07) is 10.7. The van der Waals surface area contributed by atoms with Crippen LogP contribution in [0, 0.1) is 13.8 Å². The van der Waals surface area contributed by atoms with Crippen molar-refractivity contribution in [3.8, 4) is 0 Å². The van der Waals surface area contributed by atoms with Gasteiger partial charge < -0.3 is 9.73 Å². The standard InChI is InChI=1S/C19H18N2O3/c1-4-10-21-16-11-14(8-9-17(16)24-19(21)23)18(22)20-15-7-5-6-12(2)13(15)3/h4-9,11H,1,10H2,2-3H3,(H,20,22). The van der Waals surface area contributed by atoms with Crippen LogP contribution < -0.4 is 11.1 Å². The van der Waals surface area contributed by atoms with Crippen LogP contribution in [0.2, 0.25) is 0 Å². The minimum atomic E-state index is -0.461. The number of benzene rings is 2. The summed E-state index contributed by atoms with van der Waals surface area (Å²) in [5, 5.41) is 2.91. The van der Waals surface area contributed by atoms with Crippen molar-refractivity contribution in [1.29, 1.82) is 0 Å². The summed E-state index contributed by atoms with van der Waals surface area (Å²) >= 11 is 0. The number of hydrogen-bond donors (Lipinski definition) is 1. The lowest BCUT2D eigenvalue weighted by Crippen LogP contribution is -2.14. The second-order valence-electron chi connectivity index (χ2n) is 5.65. The molecule has 0 radical (unpaired) electrons. The monoisotopic (exact) mass is 322 g/mol. The third-order valence-corrected chi connectivity index (χ3v) is 4.09. The van der Waals surface area contributed by atoms with Crippen LogP contribution in [0.5, 0.6) is 0 Å². The number of amides is 1. The Morgan fingerprint density at radius 3 is 2.83 bits per heavy atom. The van der Waals surface area contributed by atoms with Crippen LogP contribution >= 0.6 is 0 Å². The van der Waals surface area contributed by atoms with Crippen LogP contribution in [0.4, 0.5) is 5.69 Å². The Kier molecular flexibility index (Phi) is 4.08. The lowest BCUT2D eigenvalue weighted by Gasteiger charge is -2.10. The minimum absolute atomic E-state index is 0.232. The number of hydrogen-bond acceptors (Lipinski definition) is 3. The Hall–Kier alpha value is -3.08. The van der Waals surface area contributed by atoms with Crippen LogP contribution in [0.25, 0.3) is 11.1 Å². The highest BCUT2D eigenvalue weighted by Crippen LogP contribution is 2.20. The van der Waals surface area contributed by atoms with Crippen molar-refractivity contribution in [2.24, 2.45) is 0 Å². The Morgan fingerprint density at radius 1 is 1.29 bits per heavy atom. The van der Waals surface area contributed by atoms with E-state index in [1.54, 1.807) is 24.3 Å². The predicted molar refractivity (Wildman–Crippen MR) is 94.5 cm³/mol. The van der Waals surface area contributed by atoms with Gasteiger partial charge in [-0.3, -0.25) is 9.36 Å². The van der Waals surface area contributed by atoms with Gasteiger partial charge in [0.2, 0.25) is 0 Å². The molecule has 0 spiro atoms. The molecule has 0 unspecified atom stereocenters. The van der Waals surface area contributed by atoms with Crippen LogP contribution in [-0.2, 0) is 6.54 Å². The van der Waals surface area contributed by atoms with Crippen molar-refractivity contribution in [2.75, 3.05) is 5.32 Å². The molecule has 0 aliphatic heterocycles. The third kappa shape index (κ3) is 2.76. The molecule has 3 rings (SSSR count). The zero-order valence-electron chi connectivity index (χ0n) is 13.6. The number of carbonyl (C=O) groups excluding carboxylic acids is 1. The van der Waals surface area contributed by atoms with Gasteiger partial charge in [-0.2, -0.15) is 0 Å². The van der Waals surface area contributed by atoms with Gasteiger partial charge in [0.15, 0.2) is 5.58 Å². The van der Waals surface area contributed by atoms with Crippen LogP contribution in [-0.4, -0.2) is 10.5 Å². The Morgan fingerprint density at radius 2 is 2.08 bits per heavy atom. The van der Waals surface area contributed by atoms with Crippen molar-refractivity contribution >= 4 is 22.7 Å². The normalized spacial score (nSPS) is 10.8. The number of carbonyl (C=O) groups is 1. The van der Waals surface area contributed by atoms with E-state index in [2.05, 4.69) is 11.9 Å². The van der Waals surface area contributed by atoms with Crippen molar-refractivity contribution in [3.05, 3.63) is 76.3 Å². The molecule has 2 aromatic carbocycles. The summed E-state index contributed by atoms with van der Waals surface area (Å²) in [5.41, 5.74) is 4.40. The van der Waals surface area contributed by atoms with Gasteiger partial charge in [-0.25, -0.2) is 4.79 Å². The molecule has 24 heavy (non-hydrogen) atoms. The fourth-order valence-corrected chi connectivity index (χ4v) is 2.59. The van der Waals surface area contributed by atoms with E-state index in [1.807, 2.05) is 32.0 Å². The lowest BCUT2D eigenvalue weighted by molar-refractivity contribution is 0.102. The number of fused-ring (bicyclic) bond motifs is 1. The quantitative estimate of drug-likeness (QED) is 0.746. The maximum Gasteiger partial charge on any atom is 0.420 e. The third-order valence-electron chi connectivity index (χ3n) is 4.09. The highest BCUT2D eigenvalue weighted by Gasteiger charge is 2.13. The molecule has 0 aliphatic rings. The van der Waals surface area contributed by atoms with Gasteiger partial charge in [0, 0.05) is 17.8 Å². The van der Waals surface area contributed by atoms with Crippen molar-refractivity contribution in [2.45, 2.75) is 20.4 Å². The fraction of sp³-hybridized carbons (Fsp3) is 0.158. The van der Waals surface area contributed by atoms with E-state index in [0.717, 1.165) is 16.8 Å². The summed E-state index contributed by atoms with van der Waals surface area (Å²) in [7, 11) is 0. The summed E-state index contributed by atoms with van der Waals surface area (Å²) in [4.78, 5) is 24.4. The molecule has 0 fully saturated rings. The maximum atomic E-state index is 12.5. The largest absolute Gasteiger partial charge is 0.420 e. The molecule has 3 aromatic rings. The molecule has 0 saturated carbocycles. The van der Waals surface area contributed by atoms with Gasteiger partial charge in [-0.15, -0.1) is 6.58 Å². The molecule has 0 bridgehead atoms. The number of anilines is 1. The zero-order valence-corrected chi connectivity index (χ0v) is 13.6. The van der Waals surface area contributed by atoms with Gasteiger partial charge >= 0.3 is 5.76 Å². The first-order chi connectivity index (χ1) is 11.5. The Labute approximate surface area is 139 Å².